The van der Waals surface area contributed by atoms with Gasteiger partial charge >= 0.3 is 0 Å². The fraction of sp³-hybridized carbons (Fsp3) is 0.111. The molecule has 0 saturated carbocycles. The van der Waals surface area contributed by atoms with Crippen LogP contribution in [0.25, 0.3) is 0 Å². The summed E-state index contributed by atoms with van der Waals surface area (Å²) in [6, 6.07) is 5.85. The van der Waals surface area contributed by atoms with Gasteiger partial charge in [0, 0.05) is 12.5 Å². The van der Waals surface area contributed by atoms with Crippen molar-refractivity contribution >= 4 is 22.2 Å². The SMILES string of the molecule is CC#N.O=Cc1ccc(F)c(Br)c1. The van der Waals surface area contributed by atoms with Crippen LogP contribution >= 0.6 is 15.9 Å². The molecule has 0 fully saturated rings. The van der Waals surface area contributed by atoms with Gasteiger partial charge < -0.3 is 0 Å². The highest BCUT2D eigenvalue weighted by Gasteiger charge is 1.97. The number of carbonyl (C=O) groups excluding carboxylic acids is 1. The fourth-order valence-electron chi connectivity index (χ4n) is 0.586. The molecule has 0 spiro atoms. The van der Waals surface area contributed by atoms with E-state index in [0.717, 1.165) is 0 Å². The summed E-state index contributed by atoms with van der Waals surface area (Å²) in [7, 11) is 0. The van der Waals surface area contributed by atoms with Gasteiger partial charge in [-0.3, -0.25) is 4.79 Å². The first-order valence-electron chi connectivity index (χ1n) is 3.36. The van der Waals surface area contributed by atoms with E-state index >= 15 is 0 Å². The smallest absolute Gasteiger partial charge is 0.150 e. The van der Waals surface area contributed by atoms with Crippen LogP contribution < -0.4 is 0 Å². The van der Waals surface area contributed by atoms with Crippen LogP contribution in [0, 0.1) is 17.1 Å². The van der Waals surface area contributed by atoms with Crippen LogP contribution in [0.2, 0.25) is 0 Å². The van der Waals surface area contributed by atoms with E-state index in [-0.39, 0.29) is 5.82 Å². The fourth-order valence-corrected chi connectivity index (χ4v) is 0.982. The second-order valence-corrected chi connectivity index (χ2v) is 2.87. The number of halogens is 2. The number of nitrogens with zero attached hydrogens (tertiary/aromatic N) is 1. The average molecular weight is 244 g/mol. The molecular formula is C9H7BrFNO. The van der Waals surface area contributed by atoms with E-state index in [1.54, 1.807) is 6.07 Å². The van der Waals surface area contributed by atoms with Gasteiger partial charge in [0.25, 0.3) is 0 Å². The van der Waals surface area contributed by atoms with Crippen molar-refractivity contribution in [3.05, 3.63) is 34.1 Å². The predicted octanol–water partition coefficient (Wildman–Crippen LogP) is 2.93. The normalized spacial score (nSPS) is 7.85. The van der Waals surface area contributed by atoms with Crippen molar-refractivity contribution < 1.29 is 9.18 Å². The Hall–Kier alpha value is -1.21. The first kappa shape index (κ1) is 11.8. The molecule has 0 radical (unpaired) electrons. The molecule has 1 rings (SSSR count). The van der Waals surface area contributed by atoms with Gasteiger partial charge in [-0.05, 0) is 34.1 Å². The zero-order valence-corrected chi connectivity index (χ0v) is 8.51. The molecule has 4 heteroatoms. The number of hydrogen-bond acceptors (Lipinski definition) is 2. The molecule has 0 unspecified atom stereocenters. The van der Waals surface area contributed by atoms with E-state index in [1.165, 1.54) is 25.1 Å². The van der Waals surface area contributed by atoms with E-state index in [1.807, 2.05) is 0 Å². The van der Waals surface area contributed by atoms with Crippen molar-refractivity contribution in [2.45, 2.75) is 6.92 Å². The molecule has 0 bridgehead atoms. The van der Waals surface area contributed by atoms with Crippen molar-refractivity contribution in [1.29, 1.82) is 5.26 Å². The Labute approximate surface area is 84.1 Å². The molecule has 0 heterocycles. The van der Waals surface area contributed by atoms with Crippen molar-refractivity contribution in [3.63, 3.8) is 0 Å². The highest BCUT2D eigenvalue weighted by Crippen LogP contribution is 2.15. The third kappa shape index (κ3) is 4.38. The lowest BCUT2D eigenvalue weighted by Gasteiger charge is -1.92. The van der Waals surface area contributed by atoms with Crippen LogP contribution in [0.4, 0.5) is 4.39 Å². The van der Waals surface area contributed by atoms with Gasteiger partial charge in [-0.15, -0.1) is 0 Å². The molecule has 0 amide bonds. The molecule has 2 nitrogen and oxygen atoms in total. The van der Waals surface area contributed by atoms with Gasteiger partial charge in [0.1, 0.15) is 12.1 Å². The second-order valence-electron chi connectivity index (χ2n) is 2.02. The summed E-state index contributed by atoms with van der Waals surface area (Å²) in [5.41, 5.74) is 0.466. The van der Waals surface area contributed by atoms with E-state index < -0.39 is 0 Å². The van der Waals surface area contributed by atoms with Gasteiger partial charge in [-0.1, -0.05) is 0 Å². The summed E-state index contributed by atoms with van der Waals surface area (Å²) in [5, 5.41) is 7.32. The Bertz CT molecular complexity index is 333. The van der Waals surface area contributed by atoms with Gasteiger partial charge in [-0.2, -0.15) is 5.26 Å². The van der Waals surface area contributed by atoms with Crippen molar-refractivity contribution in [2.24, 2.45) is 0 Å². The molecule has 0 atom stereocenters. The van der Waals surface area contributed by atoms with E-state index in [0.29, 0.717) is 16.3 Å². The van der Waals surface area contributed by atoms with Crippen LogP contribution in [0.1, 0.15) is 17.3 Å². The Kier molecular flexibility index (Phi) is 5.73. The molecule has 0 aliphatic rings. The quantitative estimate of drug-likeness (QED) is 0.712. The maximum absolute atomic E-state index is 12.5. The van der Waals surface area contributed by atoms with Crippen LogP contribution in [0.15, 0.2) is 22.7 Å². The molecule has 0 aromatic heterocycles. The van der Waals surface area contributed by atoms with Crippen LogP contribution in [0.3, 0.4) is 0 Å². The van der Waals surface area contributed by atoms with Crippen molar-refractivity contribution in [3.8, 4) is 6.07 Å². The van der Waals surface area contributed by atoms with Crippen molar-refractivity contribution in [2.75, 3.05) is 0 Å². The van der Waals surface area contributed by atoms with Gasteiger partial charge in [0.05, 0.1) is 10.5 Å². The standard InChI is InChI=1S/C7H4BrFO.C2H3N/c8-6-3-5(4-10)1-2-7(6)9;1-2-3/h1-4H;1H3. The molecule has 0 aliphatic heterocycles. The number of rotatable bonds is 1. The lowest BCUT2D eigenvalue weighted by Crippen LogP contribution is -1.81. The minimum Gasteiger partial charge on any atom is -0.298 e. The van der Waals surface area contributed by atoms with Crippen LogP contribution in [0.5, 0.6) is 0 Å². The summed E-state index contributed by atoms with van der Waals surface area (Å²) >= 11 is 2.95. The van der Waals surface area contributed by atoms with Crippen LogP contribution in [-0.2, 0) is 0 Å². The second kappa shape index (κ2) is 6.32. The average Bonchev–Trinajstić information content (AvgIpc) is 2.11. The van der Waals surface area contributed by atoms with Gasteiger partial charge in [0.15, 0.2) is 0 Å². The lowest BCUT2D eigenvalue weighted by molar-refractivity contribution is 0.112. The Morgan fingerprint density at radius 1 is 1.62 bits per heavy atom. The highest BCUT2D eigenvalue weighted by molar-refractivity contribution is 9.10. The minimum atomic E-state index is -0.356. The first-order chi connectivity index (χ1) is 6.15. The molecule has 1 aromatic carbocycles. The zero-order valence-electron chi connectivity index (χ0n) is 6.92. The molecule has 0 saturated heterocycles. The zero-order chi connectivity index (χ0) is 10.3. The monoisotopic (exact) mass is 243 g/mol. The molecule has 68 valence electrons. The number of aldehydes is 1. The summed E-state index contributed by atoms with van der Waals surface area (Å²) in [6.07, 6.45) is 0.671. The number of carbonyl (C=O) groups is 1. The Morgan fingerprint density at radius 3 is 2.54 bits per heavy atom. The largest absolute Gasteiger partial charge is 0.298 e. The highest BCUT2D eigenvalue weighted by atomic mass is 79.9. The van der Waals surface area contributed by atoms with E-state index in [2.05, 4.69) is 15.9 Å². The summed E-state index contributed by atoms with van der Waals surface area (Å²) in [4.78, 5) is 10.1. The maximum Gasteiger partial charge on any atom is 0.150 e. The molecular weight excluding hydrogens is 237 g/mol. The number of nitriles is 1. The lowest BCUT2D eigenvalue weighted by atomic mass is 10.2. The molecule has 0 aliphatic carbocycles. The Balaban J connectivity index is 0.000000424. The first-order valence-corrected chi connectivity index (χ1v) is 4.16. The number of hydrogen-bond donors (Lipinski definition) is 0. The molecule has 0 N–H and O–H groups in total. The Morgan fingerprint density at radius 2 is 2.15 bits per heavy atom. The predicted molar refractivity (Wildman–Crippen MR) is 50.8 cm³/mol. The topological polar surface area (TPSA) is 40.9 Å². The van der Waals surface area contributed by atoms with E-state index in [9.17, 15) is 9.18 Å². The van der Waals surface area contributed by atoms with Gasteiger partial charge in [-0.25, -0.2) is 4.39 Å². The van der Waals surface area contributed by atoms with Gasteiger partial charge in [0.2, 0.25) is 0 Å². The summed E-state index contributed by atoms with van der Waals surface area (Å²) < 4.78 is 12.8. The molecule has 1 aromatic rings. The summed E-state index contributed by atoms with van der Waals surface area (Å²) in [5.74, 6) is -0.356. The molecule has 13 heavy (non-hydrogen) atoms. The summed E-state index contributed by atoms with van der Waals surface area (Å²) in [6.45, 7) is 1.43. The third-order valence-corrected chi connectivity index (χ3v) is 1.69. The van der Waals surface area contributed by atoms with Crippen molar-refractivity contribution in [1.82, 2.24) is 0 Å². The third-order valence-electron chi connectivity index (χ3n) is 1.08. The van der Waals surface area contributed by atoms with Crippen LogP contribution in [-0.4, -0.2) is 6.29 Å². The maximum atomic E-state index is 12.5. The number of benzene rings is 1. The minimum absolute atomic E-state index is 0.317. The van der Waals surface area contributed by atoms with E-state index in [4.69, 9.17) is 5.26 Å².